The van der Waals surface area contributed by atoms with Gasteiger partial charge in [0.2, 0.25) is 0 Å². The second-order valence-corrected chi connectivity index (χ2v) is 10.3. The Hall–Kier alpha value is -4.87. The summed E-state index contributed by atoms with van der Waals surface area (Å²) in [4.78, 5) is 5.08. The van der Waals surface area contributed by atoms with Gasteiger partial charge in [0.25, 0.3) is 0 Å². The summed E-state index contributed by atoms with van der Waals surface area (Å²) in [7, 11) is 0. The van der Waals surface area contributed by atoms with Gasteiger partial charge < -0.3 is 16.0 Å². The van der Waals surface area contributed by atoms with Crippen LogP contribution in [0.1, 0.15) is 26.5 Å². The number of allylic oxidation sites excluding steroid dienone is 5. The van der Waals surface area contributed by atoms with Crippen LogP contribution in [0, 0.1) is 0 Å². The van der Waals surface area contributed by atoms with Crippen molar-refractivity contribution in [1.82, 2.24) is 9.55 Å². The van der Waals surface area contributed by atoms with Gasteiger partial charge in [0, 0.05) is 26.6 Å². The monoisotopic (exact) mass is 554 g/mol. The van der Waals surface area contributed by atoms with E-state index in [9.17, 15) is 0 Å². The Morgan fingerprint density at radius 1 is 0.878 bits per heavy atom. The standard InChI is InChI=1S/C34H28N4S.C2H6/c1-3-5-13-22(4-2)27-20-24(21-28(37-27)23-14-7-6-8-15-23)38-29-18-11-9-16-25(29)32(35)33(38)31-26-17-10-12-19-30(26)39-34(31)36;1-2/h3-21H,1,35-36H2,2H3;1-2H3/b13-5-,22-4+;. The predicted molar refractivity (Wildman–Crippen MR) is 180 cm³/mol. The highest BCUT2D eigenvalue weighted by Crippen LogP contribution is 2.47. The first-order chi connectivity index (χ1) is 20.1. The molecule has 6 rings (SSSR count). The van der Waals surface area contributed by atoms with Crippen LogP contribution in [0.3, 0.4) is 0 Å². The van der Waals surface area contributed by atoms with E-state index in [-0.39, 0.29) is 0 Å². The number of benzene rings is 3. The van der Waals surface area contributed by atoms with Crippen molar-refractivity contribution in [1.29, 1.82) is 0 Å². The smallest absolute Gasteiger partial charge is 0.0964 e. The Bertz CT molecular complexity index is 1910. The minimum absolute atomic E-state index is 0.707. The zero-order chi connectivity index (χ0) is 28.9. The van der Waals surface area contributed by atoms with E-state index in [1.165, 1.54) is 0 Å². The topological polar surface area (TPSA) is 69.9 Å². The first-order valence-corrected chi connectivity index (χ1v) is 14.6. The van der Waals surface area contributed by atoms with Crippen molar-refractivity contribution in [2.75, 3.05) is 11.5 Å². The average molecular weight is 555 g/mol. The molecule has 3 aromatic heterocycles. The minimum atomic E-state index is 0.707. The van der Waals surface area contributed by atoms with E-state index in [0.29, 0.717) is 5.69 Å². The average Bonchev–Trinajstić information content (AvgIpc) is 3.51. The minimum Gasteiger partial charge on any atom is -0.396 e. The van der Waals surface area contributed by atoms with E-state index in [0.717, 1.165) is 65.5 Å². The van der Waals surface area contributed by atoms with Crippen molar-refractivity contribution < 1.29 is 0 Å². The molecule has 0 aliphatic carbocycles. The number of para-hydroxylation sites is 1. The zero-order valence-electron chi connectivity index (χ0n) is 23.6. The number of hydrogen-bond donors (Lipinski definition) is 2. The molecule has 0 aliphatic rings. The summed E-state index contributed by atoms with van der Waals surface area (Å²) in [6.45, 7) is 9.86. The Morgan fingerprint density at radius 3 is 2.29 bits per heavy atom. The summed E-state index contributed by atoms with van der Waals surface area (Å²) in [5.74, 6) is 0. The molecule has 0 saturated heterocycles. The molecule has 6 aromatic rings. The highest BCUT2D eigenvalue weighted by atomic mass is 32.1. The van der Waals surface area contributed by atoms with Crippen LogP contribution in [0.4, 0.5) is 10.7 Å². The summed E-state index contributed by atoms with van der Waals surface area (Å²) in [5.41, 5.74) is 22.0. The van der Waals surface area contributed by atoms with Gasteiger partial charge in [0.15, 0.2) is 0 Å². The Morgan fingerprint density at radius 2 is 1.56 bits per heavy atom. The molecule has 0 bridgehead atoms. The van der Waals surface area contributed by atoms with Gasteiger partial charge in [-0.1, -0.05) is 111 Å². The van der Waals surface area contributed by atoms with Crippen molar-refractivity contribution in [3.05, 3.63) is 128 Å². The molecule has 4 nitrogen and oxygen atoms in total. The number of nitrogens with two attached hydrogens (primary N) is 2. The second-order valence-electron chi connectivity index (χ2n) is 9.25. The summed E-state index contributed by atoms with van der Waals surface area (Å²) in [6.07, 6.45) is 7.79. The molecule has 0 fully saturated rings. The third-order valence-electron chi connectivity index (χ3n) is 6.93. The molecule has 0 spiro atoms. The van der Waals surface area contributed by atoms with Gasteiger partial charge in [0.1, 0.15) is 0 Å². The number of hydrogen-bond acceptors (Lipinski definition) is 4. The normalized spacial score (nSPS) is 11.6. The number of thiophene rings is 1. The van der Waals surface area contributed by atoms with Crippen molar-refractivity contribution in [3.8, 4) is 28.2 Å². The lowest BCUT2D eigenvalue weighted by Gasteiger charge is -2.16. The zero-order valence-corrected chi connectivity index (χ0v) is 24.5. The van der Waals surface area contributed by atoms with Gasteiger partial charge in [-0.3, -0.25) is 0 Å². The van der Waals surface area contributed by atoms with Crippen LogP contribution in [0.25, 0.3) is 54.8 Å². The van der Waals surface area contributed by atoms with Crippen LogP contribution >= 0.6 is 11.3 Å². The summed E-state index contributed by atoms with van der Waals surface area (Å²) >= 11 is 1.59. The number of nitrogens with zero attached hydrogens (tertiary/aromatic N) is 2. The van der Waals surface area contributed by atoms with Gasteiger partial charge in [-0.25, -0.2) is 4.98 Å². The number of anilines is 2. The lowest BCUT2D eigenvalue weighted by Crippen LogP contribution is -2.03. The van der Waals surface area contributed by atoms with Gasteiger partial charge in [-0.15, -0.1) is 11.3 Å². The third kappa shape index (κ3) is 5.08. The third-order valence-corrected chi connectivity index (χ3v) is 7.93. The largest absolute Gasteiger partial charge is 0.396 e. The molecule has 5 heteroatoms. The number of nitrogen functional groups attached to an aromatic ring is 2. The summed E-state index contributed by atoms with van der Waals surface area (Å²) < 4.78 is 3.37. The van der Waals surface area contributed by atoms with E-state index in [2.05, 4.69) is 65.8 Å². The van der Waals surface area contributed by atoms with E-state index in [1.54, 1.807) is 17.4 Å². The molecule has 4 N–H and O–H groups in total. The fraction of sp³-hybridized carbons (Fsp3) is 0.0833. The second kappa shape index (κ2) is 12.1. The molecule has 3 heterocycles. The van der Waals surface area contributed by atoms with Gasteiger partial charge >= 0.3 is 0 Å². The Balaban J connectivity index is 0.00000165. The quantitative estimate of drug-likeness (QED) is 0.201. The fourth-order valence-electron chi connectivity index (χ4n) is 5.14. The molecular weight excluding hydrogens is 520 g/mol. The molecule has 0 amide bonds. The first-order valence-electron chi connectivity index (χ1n) is 13.8. The number of aromatic nitrogens is 2. The maximum Gasteiger partial charge on any atom is 0.0964 e. The molecule has 0 radical (unpaired) electrons. The van der Waals surface area contributed by atoms with E-state index in [4.69, 9.17) is 16.5 Å². The molecule has 204 valence electrons. The SMILES string of the molecule is C=C/C=C\C(=C/C)c1cc(-n2c(-c3c(N)sc4ccccc34)c(N)c3ccccc32)cc(-c2ccccc2)n1.CC. The van der Waals surface area contributed by atoms with Crippen molar-refractivity contribution >= 4 is 48.6 Å². The lowest BCUT2D eigenvalue weighted by atomic mass is 10.1. The van der Waals surface area contributed by atoms with Crippen LogP contribution in [0.15, 0.2) is 122 Å². The van der Waals surface area contributed by atoms with E-state index in [1.807, 2.05) is 75.4 Å². The number of rotatable bonds is 6. The summed E-state index contributed by atoms with van der Waals surface area (Å²) in [5, 5.41) is 2.82. The Kier molecular flexibility index (Phi) is 8.18. The predicted octanol–water partition coefficient (Wildman–Crippen LogP) is 9.91. The lowest BCUT2D eigenvalue weighted by molar-refractivity contribution is 1.12. The molecular formula is C36H34N4S. The molecule has 3 aromatic carbocycles. The van der Waals surface area contributed by atoms with Gasteiger partial charge in [0.05, 0.1) is 39.0 Å². The molecule has 41 heavy (non-hydrogen) atoms. The van der Waals surface area contributed by atoms with Gasteiger partial charge in [-0.05, 0) is 36.8 Å². The van der Waals surface area contributed by atoms with Crippen LogP contribution < -0.4 is 11.5 Å². The molecule has 0 atom stereocenters. The molecule has 0 aliphatic heterocycles. The number of pyridine rings is 1. The fourth-order valence-corrected chi connectivity index (χ4v) is 6.11. The van der Waals surface area contributed by atoms with E-state index < -0.39 is 0 Å². The van der Waals surface area contributed by atoms with Crippen LogP contribution in [-0.4, -0.2) is 9.55 Å². The van der Waals surface area contributed by atoms with Crippen LogP contribution in [0.5, 0.6) is 0 Å². The first kappa shape index (κ1) is 27.7. The van der Waals surface area contributed by atoms with Crippen molar-refractivity contribution in [3.63, 3.8) is 0 Å². The van der Waals surface area contributed by atoms with Gasteiger partial charge in [-0.2, -0.15) is 0 Å². The van der Waals surface area contributed by atoms with Crippen molar-refractivity contribution in [2.45, 2.75) is 20.8 Å². The van der Waals surface area contributed by atoms with E-state index >= 15 is 0 Å². The maximum absolute atomic E-state index is 6.95. The maximum atomic E-state index is 6.95. The summed E-state index contributed by atoms with van der Waals surface area (Å²) in [6, 6.07) is 31.0. The number of fused-ring (bicyclic) bond motifs is 2. The highest BCUT2D eigenvalue weighted by Gasteiger charge is 2.24. The van der Waals surface area contributed by atoms with Crippen LogP contribution in [-0.2, 0) is 0 Å². The molecule has 0 saturated carbocycles. The Labute approximate surface area is 245 Å². The van der Waals surface area contributed by atoms with Crippen LogP contribution in [0.2, 0.25) is 0 Å². The van der Waals surface area contributed by atoms with Crippen molar-refractivity contribution in [2.24, 2.45) is 0 Å². The highest BCUT2D eigenvalue weighted by molar-refractivity contribution is 7.23. The molecule has 0 unspecified atom stereocenters.